The van der Waals surface area contributed by atoms with E-state index in [9.17, 15) is 0 Å². The molecule has 0 spiro atoms. The van der Waals surface area contributed by atoms with Crippen molar-refractivity contribution >= 4 is 71.7 Å². The highest BCUT2D eigenvalue weighted by molar-refractivity contribution is 6.15. The highest BCUT2D eigenvalue weighted by atomic mass is 16.3. The fraction of sp³-hybridized carbons (Fsp3) is 0. The van der Waals surface area contributed by atoms with E-state index < -0.39 is 0 Å². The van der Waals surface area contributed by atoms with Crippen LogP contribution in [0.15, 0.2) is 233 Å². The molecule has 0 N–H and O–H groups in total. The Hall–Kier alpha value is -8.14. The Morgan fingerprint density at radius 2 is 0.869 bits per heavy atom. The molecule has 0 atom stereocenters. The number of hydrogen-bond donors (Lipinski definition) is 0. The smallest absolute Gasteiger partial charge is 0.160 e. The zero-order valence-corrected chi connectivity index (χ0v) is 33.1. The number of anilines is 3. The highest BCUT2D eigenvalue weighted by Gasteiger charge is 2.25. The molecule has 0 saturated heterocycles. The van der Waals surface area contributed by atoms with Gasteiger partial charge in [0.2, 0.25) is 0 Å². The molecule has 3 nitrogen and oxygen atoms in total. The third kappa shape index (κ3) is 5.98. The van der Waals surface area contributed by atoms with Crippen molar-refractivity contribution in [3.63, 3.8) is 0 Å². The van der Waals surface area contributed by atoms with Crippen LogP contribution in [0.3, 0.4) is 0 Å². The molecule has 3 heteroatoms. The minimum Gasteiger partial charge on any atom is -0.456 e. The van der Waals surface area contributed by atoms with Crippen molar-refractivity contribution in [2.24, 2.45) is 0 Å². The van der Waals surface area contributed by atoms with Crippen LogP contribution in [0.5, 0.6) is 0 Å². The van der Waals surface area contributed by atoms with Crippen LogP contribution < -0.4 is 4.90 Å². The van der Waals surface area contributed by atoms with E-state index in [1.54, 1.807) is 0 Å². The molecule has 0 fully saturated rings. The monoisotopic (exact) mass is 779 g/mol. The lowest BCUT2D eigenvalue weighted by molar-refractivity contribution is 0.668. The van der Waals surface area contributed by atoms with Crippen molar-refractivity contribution in [1.82, 2.24) is 0 Å². The maximum atomic E-state index is 6.94. The number of hydrogen-bond acceptors (Lipinski definition) is 3. The van der Waals surface area contributed by atoms with Crippen LogP contribution >= 0.6 is 0 Å². The van der Waals surface area contributed by atoms with Gasteiger partial charge in [-0.05, 0) is 110 Å². The van der Waals surface area contributed by atoms with Crippen molar-refractivity contribution in [3.8, 4) is 44.5 Å². The molecule has 0 amide bonds. The molecule has 0 bridgehead atoms. The first kappa shape index (κ1) is 34.9. The van der Waals surface area contributed by atoms with Gasteiger partial charge in [-0.3, -0.25) is 0 Å². The molecular weight excluding hydrogens is 743 g/mol. The molecule has 0 aliphatic rings. The van der Waals surface area contributed by atoms with Gasteiger partial charge in [-0.1, -0.05) is 164 Å². The Morgan fingerprint density at radius 1 is 0.295 bits per heavy atom. The standard InChI is InChI=1S/C58H37NO2/c1-2-12-38(13-3-1)43-16-10-17-45(37-43)49-34-35-51-50-18-6-8-21-53(50)61-58(51)57(49)59(46-30-26-40(27-31-46)44-25-24-39-14-4-5-15-42(39)36-44)47-32-28-41(29-33-47)48-20-11-23-55-56(48)52-19-7-9-22-54(52)60-55/h1-37H. The number of fused-ring (bicyclic) bond motifs is 7. The summed E-state index contributed by atoms with van der Waals surface area (Å²) in [6.45, 7) is 0. The van der Waals surface area contributed by atoms with Crippen molar-refractivity contribution in [3.05, 3.63) is 224 Å². The van der Waals surface area contributed by atoms with Crippen molar-refractivity contribution in [2.45, 2.75) is 0 Å². The molecule has 286 valence electrons. The summed E-state index contributed by atoms with van der Waals surface area (Å²) in [5.74, 6) is 0. The summed E-state index contributed by atoms with van der Waals surface area (Å²) in [5, 5.41) is 6.86. The van der Waals surface area contributed by atoms with Gasteiger partial charge < -0.3 is 13.7 Å². The van der Waals surface area contributed by atoms with Gasteiger partial charge in [-0.15, -0.1) is 0 Å². The number of rotatable bonds is 7. The van der Waals surface area contributed by atoms with Crippen LogP contribution in [0.4, 0.5) is 17.1 Å². The predicted molar refractivity (Wildman–Crippen MR) is 255 cm³/mol. The van der Waals surface area contributed by atoms with E-state index in [1.807, 2.05) is 18.2 Å². The molecule has 2 heterocycles. The van der Waals surface area contributed by atoms with Gasteiger partial charge in [-0.2, -0.15) is 0 Å². The molecule has 10 aromatic carbocycles. The fourth-order valence-electron chi connectivity index (χ4n) is 9.11. The summed E-state index contributed by atoms with van der Waals surface area (Å²) < 4.78 is 13.2. The second-order valence-electron chi connectivity index (χ2n) is 15.7. The number of benzene rings is 10. The lowest BCUT2D eigenvalue weighted by Gasteiger charge is -2.28. The molecule has 0 unspecified atom stereocenters. The van der Waals surface area contributed by atoms with E-state index in [4.69, 9.17) is 8.83 Å². The lowest BCUT2D eigenvalue weighted by atomic mass is 9.95. The van der Waals surface area contributed by atoms with E-state index in [-0.39, 0.29) is 0 Å². The number of furan rings is 2. The number of para-hydroxylation sites is 2. The molecule has 2 aromatic heterocycles. The Morgan fingerprint density at radius 3 is 1.67 bits per heavy atom. The van der Waals surface area contributed by atoms with Gasteiger partial charge >= 0.3 is 0 Å². The first-order valence-electron chi connectivity index (χ1n) is 20.7. The normalized spacial score (nSPS) is 11.6. The second-order valence-corrected chi connectivity index (χ2v) is 15.7. The third-order valence-electron chi connectivity index (χ3n) is 12.1. The van der Waals surface area contributed by atoms with Gasteiger partial charge in [-0.25, -0.2) is 0 Å². The number of nitrogens with zero attached hydrogens (tertiary/aromatic N) is 1. The van der Waals surface area contributed by atoms with Crippen LogP contribution in [0.1, 0.15) is 0 Å². The van der Waals surface area contributed by atoms with Crippen LogP contribution in [0.2, 0.25) is 0 Å². The van der Waals surface area contributed by atoms with Crippen molar-refractivity contribution in [1.29, 1.82) is 0 Å². The minimum atomic E-state index is 0.834. The van der Waals surface area contributed by atoms with Crippen LogP contribution in [-0.4, -0.2) is 0 Å². The lowest BCUT2D eigenvalue weighted by Crippen LogP contribution is -2.11. The van der Waals surface area contributed by atoms with Crippen LogP contribution in [-0.2, 0) is 0 Å². The maximum Gasteiger partial charge on any atom is 0.160 e. The van der Waals surface area contributed by atoms with Gasteiger partial charge in [0.1, 0.15) is 16.7 Å². The average molecular weight is 780 g/mol. The molecule has 61 heavy (non-hydrogen) atoms. The minimum absolute atomic E-state index is 0.834. The van der Waals surface area contributed by atoms with Gasteiger partial charge in [0, 0.05) is 38.5 Å². The van der Waals surface area contributed by atoms with Gasteiger partial charge in [0.25, 0.3) is 0 Å². The average Bonchev–Trinajstić information content (AvgIpc) is 3.91. The van der Waals surface area contributed by atoms with Gasteiger partial charge in [0.05, 0.1) is 5.69 Å². The van der Waals surface area contributed by atoms with E-state index in [2.05, 4.69) is 211 Å². The maximum absolute atomic E-state index is 6.94. The molecule has 12 aromatic rings. The Bertz CT molecular complexity index is 3580. The molecular formula is C58H37NO2. The second kappa shape index (κ2) is 14.3. The Balaban J connectivity index is 1.07. The van der Waals surface area contributed by atoms with Crippen molar-refractivity contribution in [2.75, 3.05) is 4.90 Å². The SMILES string of the molecule is c1ccc(-c2cccc(-c3ccc4c(oc5ccccc54)c3N(c3ccc(-c4ccc5ccccc5c4)cc3)c3ccc(-c4cccc5oc6ccccc6c45)cc3)c2)cc1. The molecule has 0 saturated carbocycles. The summed E-state index contributed by atoms with van der Waals surface area (Å²) in [7, 11) is 0. The third-order valence-corrected chi connectivity index (χ3v) is 12.1. The molecule has 12 rings (SSSR count). The fourth-order valence-corrected chi connectivity index (χ4v) is 9.11. The van der Waals surface area contributed by atoms with Gasteiger partial charge in [0.15, 0.2) is 5.58 Å². The topological polar surface area (TPSA) is 29.5 Å². The zero-order valence-electron chi connectivity index (χ0n) is 33.1. The van der Waals surface area contributed by atoms with E-state index >= 15 is 0 Å². The Labute approximate surface area is 353 Å². The first-order chi connectivity index (χ1) is 30.2. The summed E-state index contributed by atoms with van der Waals surface area (Å²) in [5.41, 5.74) is 15.6. The molecule has 0 aliphatic heterocycles. The Kier molecular flexibility index (Phi) is 8.17. The summed E-state index contributed by atoms with van der Waals surface area (Å²) >= 11 is 0. The summed E-state index contributed by atoms with van der Waals surface area (Å²) in [4.78, 5) is 2.37. The van der Waals surface area contributed by atoms with E-state index in [0.29, 0.717) is 0 Å². The predicted octanol–water partition coefficient (Wildman–Crippen LogP) is 16.8. The van der Waals surface area contributed by atoms with Crippen molar-refractivity contribution < 1.29 is 8.83 Å². The van der Waals surface area contributed by atoms with E-state index in [0.717, 1.165) is 94.3 Å². The van der Waals surface area contributed by atoms with E-state index in [1.165, 1.54) is 21.9 Å². The molecule has 0 radical (unpaired) electrons. The summed E-state index contributed by atoms with van der Waals surface area (Å²) in [6.07, 6.45) is 0. The highest BCUT2D eigenvalue weighted by Crippen LogP contribution is 2.49. The largest absolute Gasteiger partial charge is 0.456 e. The quantitative estimate of drug-likeness (QED) is 0.161. The van der Waals surface area contributed by atoms with Crippen LogP contribution in [0, 0.1) is 0 Å². The molecule has 0 aliphatic carbocycles. The summed E-state index contributed by atoms with van der Waals surface area (Å²) in [6, 6.07) is 80.0. The van der Waals surface area contributed by atoms with Crippen LogP contribution in [0.25, 0.3) is 99.2 Å². The zero-order chi connectivity index (χ0) is 40.3. The first-order valence-corrected chi connectivity index (χ1v) is 20.7.